The zero-order chi connectivity index (χ0) is 10.1. The third kappa shape index (κ3) is 1.63. The van der Waals surface area contributed by atoms with Crippen molar-refractivity contribution in [2.24, 2.45) is 0 Å². The molecule has 0 amide bonds. The van der Waals surface area contributed by atoms with E-state index in [1.807, 2.05) is 19.2 Å². The van der Waals surface area contributed by atoms with Gasteiger partial charge in [0.1, 0.15) is 0 Å². The van der Waals surface area contributed by atoms with Crippen LogP contribution in [0.2, 0.25) is 0 Å². The summed E-state index contributed by atoms with van der Waals surface area (Å²) < 4.78 is 2.48. The lowest BCUT2D eigenvalue weighted by atomic mass is 10.3. The highest BCUT2D eigenvalue weighted by Gasteiger charge is 2.04. The molecule has 2 N–H and O–H groups in total. The number of rotatable bonds is 1. The number of nitrogens with zero attached hydrogens (tertiary/aromatic N) is 3. The van der Waals surface area contributed by atoms with Crippen LogP contribution in [0.25, 0.3) is 5.69 Å². The molecule has 5 heteroatoms. The monoisotopic (exact) mass is 252 g/mol. The minimum absolute atomic E-state index is 0.478. The van der Waals surface area contributed by atoms with Crippen LogP contribution >= 0.6 is 15.9 Å². The lowest BCUT2D eigenvalue weighted by Crippen LogP contribution is -1.97. The third-order valence-corrected chi connectivity index (χ3v) is 2.43. The summed E-state index contributed by atoms with van der Waals surface area (Å²) in [5.74, 6) is 0.478. The van der Waals surface area contributed by atoms with Gasteiger partial charge in [0.25, 0.3) is 0 Å². The van der Waals surface area contributed by atoms with Gasteiger partial charge in [0.05, 0.1) is 16.4 Å². The van der Waals surface area contributed by atoms with E-state index in [9.17, 15) is 0 Å². The van der Waals surface area contributed by atoms with Crippen molar-refractivity contribution in [2.45, 2.75) is 6.92 Å². The Hall–Kier alpha value is -1.36. The van der Waals surface area contributed by atoms with Gasteiger partial charge in [0, 0.05) is 12.4 Å². The smallest absolute Gasteiger partial charge is 0.160 e. The highest BCUT2D eigenvalue weighted by molar-refractivity contribution is 9.10. The number of nitrogen functional groups attached to an aromatic ring is 1. The quantitative estimate of drug-likeness (QED) is 0.844. The number of hydrogen-bond donors (Lipinski definition) is 1. The summed E-state index contributed by atoms with van der Waals surface area (Å²) in [6.07, 6.45) is 5.35. The van der Waals surface area contributed by atoms with E-state index in [-0.39, 0.29) is 0 Å². The van der Waals surface area contributed by atoms with Crippen LogP contribution in [0.1, 0.15) is 5.56 Å². The summed E-state index contributed by atoms with van der Waals surface area (Å²) >= 11 is 3.30. The van der Waals surface area contributed by atoms with Crippen molar-refractivity contribution in [3.63, 3.8) is 0 Å². The van der Waals surface area contributed by atoms with E-state index >= 15 is 0 Å². The Morgan fingerprint density at radius 3 is 2.79 bits per heavy atom. The topological polar surface area (TPSA) is 56.7 Å². The number of pyridine rings is 1. The number of nitrogens with two attached hydrogens (primary N) is 1. The van der Waals surface area contributed by atoms with Gasteiger partial charge in [-0.05, 0) is 34.5 Å². The Labute approximate surface area is 89.9 Å². The molecule has 0 radical (unpaired) electrons. The van der Waals surface area contributed by atoms with Gasteiger partial charge in [-0.25, -0.2) is 4.68 Å². The largest absolute Gasteiger partial charge is 0.381 e. The molecule has 0 aliphatic rings. The van der Waals surface area contributed by atoms with Crippen molar-refractivity contribution < 1.29 is 0 Å². The predicted molar refractivity (Wildman–Crippen MR) is 58.2 cm³/mol. The van der Waals surface area contributed by atoms with Crippen LogP contribution in [-0.4, -0.2) is 14.8 Å². The fourth-order valence-electron chi connectivity index (χ4n) is 1.16. The molecule has 0 fully saturated rings. The Morgan fingerprint density at radius 2 is 2.21 bits per heavy atom. The first-order valence-corrected chi connectivity index (χ1v) is 4.89. The number of halogens is 1. The Kier molecular flexibility index (Phi) is 2.25. The van der Waals surface area contributed by atoms with Gasteiger partial charge >= 0.3 is 0 Å². The molecule has 2 aromatic heterocycles. The van der Waals surface area contributed by atoms with Crippen molar-refractivity contribution in [1.29, 1.82) is 0 Å². The Balaban J connectivity index is 2.49. The van der Waals surface area contributed by atoms with Gasteiger partial charge in [-0.3, -0.25) is 4.98 Å². The summed E-state index contributed by atoms with van der Waals surface area (Å²) in [5, 5.41) is 4.13. The van der Waals surface area contributed by atoms with E-state index in [4.69, 9.17) is 5.73 Å². The van der Waals surface area contributed by atoms with E-state index in [1.165, 1.54) is 0 Å². The number of hydrogen-bond acceptors (Lipinski definition) is 3. The lowest BCUT2D eigenvalue weighted by Gasteiger charge is -2.00. The molecule has 0 spiro atoms. The molecule has 0 atom stereocenters. The van der Waals surface area contributed by atoms with Crippen LogP contribution in [0.3, 0.4) is 0 Å². The SMILES string of the molecule is Cc1cncc(-n2cc(Br)c(N)n2)c1. The molecular formula is C9H9BrN4. The molecule has 4 nitrogen and oxygen atoms in total. The standard InChI is InChI=1S/C9H9BrN4/c1-6-2-7(4-12-3-6)14-5-8(10)9(11)13-14/h2-5H,1H3,(H2,11,13). The molecule has 0 unspecified atom stereocenters. The highest BCUT2D eigenvalue weighted by Crippen LogP contribution is 2.19. The van der Waals surface area contributed by atoms with Crippen LogP contribution in [0.4, 0.5) is 5.82 Å². The average molecular weight is 253 g/mol. The van der Waals surface area contributed by atoms with Crippen molar-refractivity contribution in [3.05, 3.63) is 34.7 Å². The second kappa shape index (κ2) is 3.42. The normalized spacial score (nSPS) is 10.4. The van der Waals surface area contributed by atoms with E-state index in [2.05, 4.69) is 26.0 Å². The van der Waals surface area contributed by atoms with E-state index in [0.29, 0.717) is 5.82 Å². The van der Waals surface area contributed by atoms with Crippen LogP contribution in [-0.2, 0) is 0 Å². The van der Waals surface area contributed by atoms with Gasteiger partial charge < -0.3 is 5.73 Å². The average Bonchev–Trinajstić information content (AvgIpc) is 2.47. The molecule has 2 rings (SSSR count). The minimum Gasteiger partial charge on any atom is -0.381 e. The summed E-state index contributed by atoms with van der Waals surface area (Å²) in [5.41, 5.74) is 7.61. The second-order valence-electron chi connectivity index (χ2n) is 3.03. The van der Waals surface area contributed by atoms with Crippen molar-refractivity contribution >= 4 is 21.7 Å². The molecule has 72 valence electrons. The molecule has 0 bridgehead atoms. The molecule has 0 aliphatic heterocycles. The van der Waals surface area contributed by atoms with Crippen LogP contribution < -0.4 is 5.73 Å². The van der Waals surface area contributed by atoms with Crippen LogP contribution in [0.5, 0.6) is 0 Å². The maximum Gasteiger partial charge on any atom is 0.160 e. The first kappa shape index (κ1) is 9.21. The Bertz CT molecular complexity index is 444. The lowest BCUT2D eigenvalue weighted by molar-refractivity contribution is 0.876. The zero-order valence-electron chi connectivity index (χ0n) is 7.61. The maximum absolute atomic E-state index is 5.62. The Morgan fingerprint density at radius 1 is 1.43 bits per heavy atom. The predicted octanol–water partition coefficient (Wildman–Crippen LogP) is 1.92. The molecule has 0 aromatic carbocycles. The molecule has 14 heavy (non-hydrogen) atoms. The molecule has 0 aliphatic carbocycles. The van der Waals surface area contributed by atoms with E-state index in [1.54, 1.807) is 17.1 Å². The van der Waals surface area contributed by atoms with E-state index in [0.717, 1.165) is 15.7 Å². The van der Waals surface area contributed by atoms with Crippen LogP contribution in [0.15, 0.2) is 29.1 Å². The fourth-order valence-corrected chi connectivity index (χ4v) is 1.44. The van der Waals surface area contributed by atoms with Gasteiger partial charge in [-0.1, -0.05) is 0 Å². The first-order chi connectivity index (χ1) is 6.66. The summed E-state index contributed by atoms with van der Waals surface area (Å²) in [7, 11) is 0. The summed E-state index contributed by atoms with van der Waals surface area (Å²) in [4.78, 5) is 4.08. The number of anilines is 1. The van der Waals surface area contributed by atoms with Gasteiger partial charge in [-0.15, -0.1) is 5.10 Å². The second-order valence-corrected chi connectivity index (χ2v) is 3.88. The van der Waals surface area contributed by atoms with Gasteiger partial charge in [0.15, 0.2) is 5.82 Å². The minimum atomic E-state index is 0.478. The summed E-state index contributed by atoms with van der Waals surface area (Å²) in [6, 6.07) is 1.99. The number of aryl methyl sites for hydroxylation is 1. The number of aromatic nitrogens is 3. The fraction of sp³-hybridized carbons (Fsp3) is 0.111. The molecule has 2 aromatic rings. The maximum atomic E-state index is 5.62. The zero-order valence-corrected chi connectivity index (χ0v) is 9.19. The third-order valence-electron chi connectivity index (χ3n) is 1.82. The van der Waals surface area contributed by atoms with Crippen molar-refractivity contribution in [1.82, 2.24) is 14.8 Å². The highest BCUT2D eigenvalue weighted by atomic mass is 79.9. The molecule has 2 heterocycles. The van der Waals surface area contributed by atoms with E-state index < -0.39 is 0 Å². The first-order valence-electron chi connectivity index (χ1n) is 4.09. The van der Waals surface area contributed by atoms with Crippen molar-refractivity contribution in [3.8, 4) is 5.69 Å². The molecule has 0 saturated heterocycles. The molecular weight excluding hydrogens is 244 g/mol. The summed E-state index contributed by atoms with van der Waals surface area (Å²) in [6.45, 7) is 1.98. The van der Waals surface area contributed by atoms with Crippen molar-refractivity contribution in [2.75, 3.05) is 5.73 Å². The van der Waals surface area contributed by atoms with Gasteiger partial charge in [0.2, 0.25) is 0 Å². The van der Waals surface area contributed by atoms with Gasteiger partial charge in [-0.2, -0.15) is 0 Å². The molecule has 0 saturated carbocycles. The van der Waals surface area contributed by atoms with Crippen LogP contribution in [0, 0.1) is 6.92 Å².